The Balaban J connectivity index is 1.15. The number of aliphatic hydroxyl groups is 2. The fraction of sp³-hybridized carbons (Fsp3) is 0.308. The van der Waals surface area contributed by atoms with Crippen LogP contribution in [0.2, 0.25) is 0 Å². The molecule has 302 valence electrons. The highest BCUT2D eigenvalue weighted by Crippen LogP contribution is 2.59. The van der Waals surface area contributed by atoms with E-state index in [1.165, 1.54) is 5.57 Å². The maximum atomic E-state index is 14.7. The van der Waals surface area contributed by atoms with Crippen LogP contribution in [0.5, 0.6) is 5.75 Å². The third-order valence-electron chi connectivity index (χ3n) is 13.0. The van der Waals surface area contributed by atoms with Crippen molar-refractivity contribution in [3.8, 4) is 16.9 Å². The third kappa shape index (κ3) is 8.84. The van der Waals surface area contributed by atoms with Crippen molar-refractivity contribution < 1.29 is 24.5 Å². The Labute approximate surface area is 351 Å². The first-order valence-electron chi connectivity index (χ1n) is 21.0. The molecule has 59 heavy (non-hydrogen) atoms. The van der Waals surface area contributed by atoms with Crippen LogP contribution < -0.4 is 4.74 Å². The molecule has 1 saturated carbocycles. The highest BCUT2D eigenvalue weighted by molar-refractivity contribution is 7.09. The van der Waals surface area contributed by atoms with Crippen LogP contribution in [0.4, 0.5) is 4.79 Å². The molecule has 7 heteroatoms. The van der Waals surface area contributed by atoms with Crippen molar-refractivity contribution in [2.75, 3.05) is 13.1 Å². The number of amides is 1. The molecule has 5 aromatic carbocycles. The van der Waals surface area contributed by atoms with Gasteiger partial charge in [-0.15, -0.1) is 11.3 Å². The zero-order valence-corrected chi connectivity index (χ0v) is 34.8. The molecule has 1 amide bonds. The molecular weight excluding hydrogens is 751 g/mol. The number of fused-ring (bicyclic) bond motifs is 9. The number of benzene rings is 5. The molecule has 0 saturated heterocycles. The van der Waals surface area contributed by atoms with Crippen LogP contribution in [0.25, 0.3) is 21.9 Å². The quantitative estimate of drug-likeness (QED) is 0.112. The molecule has 0 aliphatic heterocycles. The van der Waals surface area contributed by atoms with Crippen molar-refractivity contribution in [2.24, 2.45) is 5.41 Å². The lowest BCUT2D eigenvalue weighted by Gasteiger charge is -2.46. The highest BCUT2D eigenvalue weighted by atomic mass is 32.1. The van der Waals surface area contributed by atoms with Crippen LogP contribution in [0, 0.1) is 5.41 Å². The molecule has 4 atom stereocenters. The summed E-state index contributed by atoms with van der Waals surface area (Å²) in [5, 5.41) is 28.4. The predicted octanol–water partition coefficient (Wildman–Crippen LogP) is 11.6. The maximum absolute atomic E-state index is 14.7. The van der Waals surface area contributed by atoms with Crippen LogP contribution in [0.3, 0.4) is 0 Å². The number of rotatable bonds is 9. The Morgan fingerprint density at radius 3 is 2.37 bits per heavy atom. The van der Waals surface area contributed by atoms with Gasteiger partial charge in [0.1, 0.15) is 5.75 Å². The van der Waals surface area contributed by atoms with Gasteiger partial charge < -0.3 is 19.8 Å². The number of thiophene rings is 1. The van der Waals surface area contributed by atoms with Crippen LogP contribution >= 0.6 is 11.3 Å². The van der Waals surface area contributed by atoms with Gasteiger partial charge >= 0.3 is 6.09 Å². The van der Waals surface area contributed by atoms with Crippen molar-refractivity contribution in [1.29, 1.82) is 0 Å². The van der Waals surface area contributed by atoms with Crippen molar-refractivity contribution >= 4 is 34.0 Å². The summed E-state index contributed by atoms with van der Waals surface area (Å²) in [6, 6.07) is 41.7. The van der Waals surface area contributed by atoms with E-state index in [4.69, 9.17) is 4.74 Å². The summed E-state index contributed by atoms with van der Waals surface area (Å²) in [6.45, 7) is 4.75. The maximum Gasteiger partial charge on any atom is 0.415 e. The summed E-state index contributed by atoms with van der Waals surface area (Å²) in [6.07, 6.45) is 6.15. The first kappa shape index (κ1) is 40.4. The van der Waals surface area contributed by atoms with E-state index in [9.17, 15) is 19.8 Å². The Kier molecular flexibility index (Phi) is 12.0. The fourth-order valence-electron chi connectivity index (χ4n) is 9.44. The molecule has 2 bridgehead atoms. The molecule has 0 spiro atoms. The minimum atomic E-state index is -1.29. The zero-order chi connectivity index (χ0) is 41.0. The number of allylic oxidation sites excluding steroid dienone is 2. The lowest BCUT2D eigenvalue weighted by atomic mass is 9.64. The summed E-state index contributed by atoms with van der Waals surface area (Å²) < 4.78 is 6.10. The first-order valence-corrected chi connectivity index (χ1v) is 21.8. The summed E-state index contributed by atoms with van der Waals surface area (Å²) in [5.74, 6) is 0.204. The molecule has 3 aliphatic carbocycles. The molecule has 2 N–H and O–H groups in total. The molecule has 0 radical (unpaired) electrons. The lowest BCUT2D eigenvalue weighted by molar-refractivity contribution is -0.0789. The Morgan fingerprint density at radius 2 is 1.59 bits per heavy atom. The second-order valence-corrected chi connectivity index (χ2v) is 17.9. The monoisotopic (exact) mass is 803 g/mol. The minimum absolute atomic E-state index is 0.0758. The second kappa shape index (κ2) is 17.5. The van der Waals surface area contributed by atoms with E-state index in [0.717, 1.165) is 50.7 Å². The molecule has 6 aromatic rings. The number of nitrogens with zero attached hydrogens (tertiary/aromatic N) is 1. The van der Waals surface area contributed by atoms with E-state index in [2.05, 4.69) is 44.2 Å². The van der Waals surface area contributed by atoms with Gasteiger partial charge in [0.2, 0.25) is 0 Å². The Bertz CT molecular complexity index is 2440. The zero-order valence-electron chi connectivity index (χ0n) is 34.0. The molecule has 1 aromatic heterocycles. The van der Waals surface area contributed by atoms with Crippen LogP contribution in [0.1, 0.15) is 90.2 Å². The van der Waals surface area contributed by atoms with Crippen LogP contribution in [-0.2, 0) is 12.8 Å². The van der Waals surface area contributed by atoms with E-state index in [1.54, 1.807) is 16.2 Å². The number of carbonyl (C=O) groups excluding carboxylic acids is 2. The van der Waals surface area contributed by atoms with Gasteiger partial charge in [-0.3, -0.25) is 4.79 Å². The summed E-state index contributed by atoms with van der Waals surface area (Å²) >= 11 is 1.65. The van der Waals surface area contributed by atoms with Gasteiger partial charge in [-0.1, -0.05) is 122 Å². The lowest BCUT2D eigenvalue weighted by Crippen LogP contribution is -2.54. The van der Waals surface area contributed by atoms with Crippen molar-refractivity contribution in [3.63, 3.8) is 0 Å². The summed E-state index contributed by atoms with van der Waals surface area (Å²) in [4.78, 5) is 31.9. The first-order chi connectivity index (χ1) is 28.6. The molecule has 3 aliphatic rings. The minimum Gasteiger partial charge on any atom is -0.410 e. The molecule has 6 nitrogen and oxygen atoms in total. The Morgan fingerprint density at radius 1 is 0.831 bits per heavy atom. The van der Waals surface area contributed by atoms with E-state index in [-0.39, 0.29) is 18.2 Å². The van der Waals surface area contributed by atoms with Gasteiger partial charge in [0.25, 0.3) is 0 Å². The van der Waals surface area contributed by atoms with Gasteiger partial charge in [0, 0.05) is 28.0 Å². The molecule has 9 rings (SSSR count). The number of carbonyl (C=O) groups is 2. The van der Waals surface area contributed by atoms with Gasteiger partial charge in [0.15, 0.2) is 5.78 Å². The number of hydrogen-bond donors (Lipinski definition) is 2. The van der Waals surface area contributed by atoms with Gasteiger partial charge in [-0.25, -0.2) is 4.79 Å². The Hall–Kier alpha value is -5.34. The predicted molar refractivity (Wildman–Crippen MR) is 238 cm³/mol. The number of aliphatic hydroxyl groups excluding tert-OH is 1. The van der Waals surface area contributed by atoms with Crippen LogP contribution in [-0.4, -0.2) is 51.8 Å². The smallest absolute Gasteiger partial charge is 0.410 e. The standard InChI is InChI=1S/C52H53NO5S/c1-36-10-8-28-51(2)48(46-25-17-37(32-43(54)23-16-36)33-47(46)49(55)41-20-18-40(19-21-41)38-11-4-3-5-12-38)26-29-52(51,57)35-53(30-27-45-15-9-31-59-45)50(56)58-44-24-22-39-13-6-7-14-42(39)34-44/h3-7,9-15,17-22,24-25,31,33-34,43,48,54,57H,8,16,23,26-30,32,35H2,1-2H3/t43-,48-,51-,52+/m0/s1. The molecule has 0 unspecified atom stereocenters. The number of ketones is 1. The van der Waals surface area contributed by atoms with Crippen molar-refractivity contribution in [1.82, 2.24) is 4.90 Å². The van der Waals surface area contributed by atoms with Gasteiger partial charge in [0.05, 0.1) is 18.2 Å². The summed E-state index contributed by atoms with van der Waals surface area (Å²) in [7, 11) is 0. The van der Waals surface area contributed by atoms with Gasteiger partial charge in [-0.05, 0) is 127 Å². The van der Waals surface area contributed by atoms with E-state index < -0.39 is 23.2 Å². The molecular formula is C52H53NO5S. The van der Waals surface area contributed by atoms with Gasteiger partial charge in [-0.2, -0.15) is 0 Å². The van der Waals surface area contributed by atoms with Crippen LogP contribution in [0.15, 0.2) is 144 Å². The largest absolute Gasteiger partial charge is 0.415 e. The highest BCUT2D eigenvalue weighted by Gasteiger charge is 2.57. The summed E-state index contributed by atoms with van der Waals surface area (Å²) in [5.41, 5.74) is 4.34. The van der Waals surface area contributed by atoms with Crippen molar-refractivity contribution in [3.05, 3.63) is 172 Å². The average molecular weight is 804 g/mol. The topological polar surface area (TPSA) is 87.1 Å². The number of hydrogen-bond acceptors (Lipinski definition) is 6. The van der Waals surface area contributed by atoms with Crippen molar-refractivity contribution in [2.45, 2.75) is 82.8 Å². The number of ether oxygens (including phenoxy) is 1. The third-order valence-corrected chi connectivity index (χ3v) is 14.0. The average Bonchev–Trinajstić information content (AvgIpc) is 3.87. The van der Waals surface area contributed by atoms with E-state index >= 15 is 0 Å². The SMILES string of the molecule is CC1=CCC[C@@]2(C)[C@@H](CC[C@@]2(O)CN(CCc2cccs2)C(=O)Oc2ccc3ccccc3c2)c2ccc(cc2C(=O)c2ccc(-c3ccccc3)cc2)C[C@@H](O)CC1. The molecule has 1 fully saturated rings. The fourth-order valence-corrected chi connectivity index (χ4v) is 10.1. The van der Waals surface area contributed by atoms with E-state index in [0.29, 0.717) is 61.9 Å². The second-order valence-electron chi connectivity index (χ2n) is 16.8. The normalized spacial score (nSPS) is 22.0. The molecule has 1 heterocycles. The van der Waals surface area contributed by atoms with E-state index in [1.807, 2.05) is 109 Å².